The largest absolute Gasteiger partial charge is 0.449 e. The number of rotatable bonds is 5. The molecule has 1 N–H and O–H groups in total. The highest BCUT2D eigenvalue weighted by molar-refractivity contribution is 8.14. The number of esters is 1. The summed E-state index contributed by atoms with van der Waals surface area (Å²) in [4.78, 5) is 30.5. The molecule has 0 bridgehead atoms. The fourth-order valence-electron chi connectivity index (χ4n) is 9.35. The Balaban J connectivity index is 1.37. The van der Waals surface area contributed by atoms with E-state index < -0.39 is 29.0 Å². The molecule has 3 fully saturated rings. The highest BCUT2D eigenvalue weighted by Crippen LogP contribution is 2.70. The summed E-state index contributed by atoms with van der Waals surface area (Å²) < 4.78 is 21.4. The maximum atomic E-state index is 13.9. The van der Waals surface area contributed by atoms with E-state index in [2.05, 4.69) is 23.1 Å². The van der Waals surface area contributed by atoms with E-state index in [9.17, 15) is 24.3 Å². The Kier molecular flexibility index (Phi) is 7.13. The first-order valence-corrected chi connectivity index (χ1v) is 15.8. The highest BCUT2D eigenvalue weighted by atomic mass is 32.2. The van der Waals surface area contributed by atoms with Gasteiger partial charge in [0.25, 0.3) is 0 Å². The van der Waals surface area contributed by atoms with Crippen molar-refractivity contribution in [1.29, 1.82) is 5.26 Å². The van der Waals surface area contributed by atoms with Crippen molar-refractivity contribution < 1.29 is 23.8 Å². The molecular formula is C32H37FN4O4S. The van der Waals surface area contributed by atoms with Crippen molar-refractivity contribution in [1.82, 2.24) is 14.8 Å². The second-order valence-corrected chi connectivity index (χ2v) is 14.0. The minimum atomic E-state index is -1.39. The topological polar surface area (TPSA) is 118 Å². The minimum Gasteiger partial charge on any atom is -0.449 e. The molecule has 2 aromatic rings. The number of thioether (sulfide) groups is 1. The Bertz CT molecular complexity index is 1500. The van der Waals surface area contributed by atoms with Crippen LogP contribution in [0.2, 0.25) is 0 Å². The summed E-state index contributed by atoms with van der Waals surface area (Å²) in [6.45, 7) is 7.98. The number of hydrogen-bond donors (Lipinski definition) is 1. The standard InChI is InChI=1S/C32H37FN4O4S/c1-5-27(39)41-32(29(40)42-11-10-34)18(2)12-23-22-8-6-20-13-24-19(16-36-37(24)21-7-9-26(33)35-17-21)14-30(20,3)28(22)25(38)15-31(23,32)4/h7,9,13,16-18,22-23,25,28,38H,5-6,8,11-12,14-15H2,1-4H3/t18-,22+,23?,25+,28?,30+,31+,32+/m1/s1. The second kappa shape index (κ2) is 10.3. The van der Waals surface area contributed by atoms with Crippen LogP contribution in [0, 0.1) is 51.8 Å². The van der Waals surface area contributed by atoms with Crippen molar-refractivity contribution >= 4 is 28.9 Å². The first-order chi connectivity index (χ1) is 20.0. The van der Waals surface area contributed by atoms with Crippen LogP contribution in [0.3, 0.4) is 0 Å². The van der Waals surface area contributed by atoms with E-state index in [1.54, 1.807) is 17.7 Å². The van der Waals surface area contributed by atoms with Crippen LogP contribution in [0.4, 0.5) is 4.39 Å². The lowest BCUT2D eigenvalue weighted by molar-refractivity contribution is -0.201. The number of carbonyl (C=O) groups excluding carboxylic acids is 2. The Morgan fingerprint density at radius 3 is 2.79 bits per heavy atom. The van der Waals surface area contributed by atoms with Crippen LogP contribution in [-0.4, -0.2) is 48.4 Å². The summed E-state index contributed by atoms with van der Waals surface area (Å²) in [5, 5.41) is 25.6. The van der Waals surface area contributed by atoms with Crippen molar-refractivity contribution in [2.45, 2.75) is 77.9 Å². The molecule has 0 spiro atoms. The summed E-state index contributed by atoms with van der Waals surface area (Å²) in [6, 6.07) is 5.03. The number of aliphatic hydroxyl groups excluding tert-OH is 1. The van der Waals surface area contributed by atoms with Gasteiger partial charge < -0.3 is 9.84 Å². The van der Waals surface area contributed by atoms with Crippen LogP contribution in [-0.2, 0) is 20.7 Å². The lowest BCUT2D eigenvalue weighted by Crippen LogP contribution is -2.63. The van der Waals surface area contributed by atoms with Gasteiger partial charge in [-0.25, -0.2) is 9.67 Å². The SMILES string of the molecule is CCC(=O)O[C@]1(C(=O)SCC#N)[C@H](C)CC2[C@@H]3CCC4=Cc5c(cnn5-c5ccc(F)nc5)C[C@]4(C)C3[C@@H](O)C[C@@]21C. The Morgan fingerprint density at radius 2 is 2.10 bits per heavy atom. The van der Waals surface area contributed by atoms with Crippen molar-refractivity contribution in [2.24, 2.45) is 34.5 Å². The van der Waals surface area contributed by atoms with Crippen molar-refractivity contribution in [2.75, 3.05) is 5.75 Å². The zero-order chi connectivity index (χ0) is 30.0. The third-order valence-electron chi connectivity index (χ3n) is 11.1. The van der Waals surface area contributed by atoms with Gasteiger partial charge in [0.2, 0.25) is 11.1 Å². The zero-order valence-corrected chi connectivity index (χ0v) is 25.3. The van der Waals surface area contributed by atoms with Gasteiger partial charge in [-0.1, -0.05) is 45.0 Å². The molecule has 0 saturated heterocycles. The van der Waals surface area contributed by atoms with Gasteiger partial charge in [0.15, 0.2) is 5.60 Å². The van der Waals surface area contributed by atoms with E-state index in [1.165, 1.54) is 17.8 Å². The molecule has 0 aromatic carbocycles. The molecule has 10 heteroatoms. The summed E-state index contributed by atoms with van der Waals surface area (Å²) in [6.07, 6.45) is 8.45. The number of carbonyl (C=O) groups is 2. The molecule has 8 atom stereocenters. The van der Waals surface area contributed by atoms with Crippen molar-refractivity contribution in [3.63, 3.8) is 0 Å². The molecule has 8 nitrogen and oxygen atoms in total. The molecule has 2 unspecified atom stereocenters. The van der Waals surface area contributed by atoms with E-state index in [1.807, 2.05) is 26.1 Å². The number of hydrogen-bond acceptors (Lipinski definition) is 8. The number of aliphatic hydroxyl groups is 1. The maximum Gasteiger partial charge on any atom is 0.306 e. The number of pyridine rings is 1. The zero-order valence-electron chi connectivity index (χ0n) is 24.5. The fraction of sp³-hybridized carbons (Fsp3) is 0.594. The third kappa shape index (κ3) is 4.03. The summed E-state index contributed by atoms with van der Waals surface area (Å²) in [7, 11) is 0. The summed E-state index contributed by atoms with van der Waals surface area (Å²) >= 11 is 0.922. The Labute approximate surface area is 249 Å². The van der Waals surface area contributed by atoms with Gasteiger partial charge >= 0.3 is 5.97 Å². The van der Waals surface area contributed by atoms with Crippen LogP contribution in [0.15, 0.2) is 30.1 Å². The fourth-order valence-corrected chi connectivity index (χ4v) is 10.2. The number of allylic oxidation sites excluding steroid dienone is 1. The van der Waals surface area contributed by atoms with Crippen molar-refractivity contribution in [3.8, 4) is 11.8 Å². The smallest absolute Gasteiger partial charge is 0.306 e. The van der Waals surface area contributed by atoms with Crippen LogP contribution in [0.1, 0.15) is 71.1 Å². The molecule has 0 amide bonds. The second-order valence-electron chi connectivity index (χ2n) is 13.0. The molecule has 4 aliphatic carbocycles. The van der Waals surface area contributed by atoms with Crippen LogP contribution < -0.4 is 0 Å². The van der Waals surface area contributed by atoms with Gasteiger partial charge in [-0.2, -0.15) is 14.8 Å². The molecule has 2 heterocycles. The first kappa shape index (κ1) is 29.1. The molecule has 42 heavy (non-hydrogen) atoms. The Hall–Kier alpha value is -3.03. The number of ether oxygens (including phenoxy) is 1. The molecule has 6 rings (SSSR count). The lowest BCUT2D eigenvalue weighted by atomic mass is 9.45. The average Bonchev–Trinajstić information content (AvgIpc) is 3.45. The van der Waals surface area contributed by atoms with Crippen molar-refractivity contribution in [3.05, 3.63) is 47.3 Å². The van der Waals surface area contributed by atoms with E-state index in [0.717, 1.165) is 42.3 Å². The quantitative estimate of drug-likeness (QED) is 0.368. The molecule has 2 aromatic heterocycles. The van der Waals surface area contributed by atoms with Crippen LogP contribution in [0.5, 0.6) is 0 Å². The predicted octanol–water partition coefficient (Wildman–Crippen LogP) is 5.28. The third-order valence-corrected chi connectivity index (χ3v) is 11.9. The van der Waals surface area contributed by atoms with E-state index in [4.69, 9.17) is 4.74 Å². The van der Waals surface area contributed by atoms with Gasteiger partial charge in [0, 0.05) is 17.8 Å². The molecule has 222 valence electrons. The minimum absolute atomic E-state index is 0.0114. The van der Waals surface area contributed by atoms with Gasteiger partial charge in [-0.05, 0) is 79.0 Å². The average molecular weight is 593 g/mol. The maximum absolute atomic E-state index is 13.9. The first-order valence-electron chi connectivity index (χ1n) is 14.8. The van der Waals surface area contributed by atoms with E-state index in [-0.39, 0.29) is 46.4 Å². The molecule has 3 saturated carbocycles. The molecular weight excluding hydrogens is 555 g/mol. The van der Waals surface area contributed by atoms with Gasteiger partial charge in [0.1, 0.15) is 0 Å². The number of nitrogens with zero attached hydrogens (tertiary/aromatic N) is 4. The molecule has 4 aliphatic rings. The van der Waals surface area contributed by atoms with Crippen LogP contribution >= 0.6 is 11.8 Å². The van der Waals surface area contributed by atoms with E-state index in [0.29, 0.717) is 18.5 Å². The number of nitriles is 1. The molecule has 0 aliphatic heterocycles. The lowest BCUT2D eigenvalue weighted by Gasteiger charge is -2.60. The predicted molar refractivity (Wildman–Crippen MR) is 156 cm³/mol. The van der Waals surface area contributed by atoms with Gasteiger partial charge in [-0.3, -0.25) is 9.59 Å². The summed E-state index contributed by atoms with van der Waals surface area (Å²) in [5.41, 5.74) is 1.54. The Morgan fingerprint density at radius 1 is 1.31 bits per heavy atom. The van der Waals surface area contributed by atoms with E-state index >= 15 is 0 Å². The number of aromatic nitrogens is 3. The number of fused-ring (bicyclic) bond motifs is 6. The molecule has 0 radical (unpaired) electrons. The number of halogens is 1. The normalized spacial score (nSPS) is 36.5. The summed E-state index contributed by atoms with van der Waals surface area (Å²) in [5.74, 6) is -1.04. The van der Waals surface area contributed by atoms with Gasteiger partial charge in [0.05, 0.1) is 41.7 Å². The van der Waals surface area contributed by atoms with Gasteiger partial charge in [-0.15, -0.1) is 0 Å². The van der Waals surface area contributed by atoms with Crippen LogP contribution in [0.25, 0.3) is 11.8 Å². The monoisotopic (exact) mass is 592 g/mol. The highest BCUT2D eigenvalue weighted by Gasteiger charge is 2.73.